The average molecular weight is 298 g/mol. The summed E-state index contributed by atoms with van der Waals surface area (Å²) in [4.78, 5) is 7.07. The maximum atomic E-state index is 4.06. The molecule has 4 rings (SSSR count). The van der Waals surface area contributed by atoms with Crippen LogP contribution in [-0.4, -0.2) is 9.97 Å². The molecule has 4 aromatic rings. The molecule has 0 unspecified atom stereocenters. The Morgan fingerprint density at radius 2 is 1.13 bits per heavy atom. The van der Waals surface area contributed by atoms with Gasteiger partial charge in [0.05, 0.1) is 17.4 Å². The van der Waals surface area contributed by atoms with Gasteiger partial charge in [-0.15, -0.1) is 0 Å². The number of hydrogen-bond acceptors (Lipinski definition) is 1. The van der Waals surface area contributed by atoms with E-state index >= 15 is 0 Å². The zero-order valence-corrected chi connectivity index (χ0v) is 12.8. The lowest BCUT2D eigenvalue weighted by Crippen LogP contribution is -1.70. The fraction of sp³-hybridized carbons (Fsp3) is 0. The number of H-pyrrole nitrogens is 1. The largest absolute Gasteiger partial charge is 0.345 e. The Morgan fingerprint density at radius 3 is 1.70 bits per heavy atom. The maximum Gasteiger partial charge on any atom is 0.0931 e. The minimum absolute atomic E-state index is 1.03. The average Bonchev–Trinajstić information content (AvgIpc) is 3.11. The normalized spacial score (nSPS) is 10.4. The predicted octanol–water partition coefficient (Wildman–Crippen LogP) is 5.42. The number of hydrogen-bond donors (Lipinski definition) is 1. The number of aromatic amines is 1. The molecule has 0 spiro atoms. The predicted molar refractivity (Wildman–Crippen MR) is 97.9 cm³/mol. The second kappa shape index (κ2) is 7.76. The van der Waals surface area contributed by atoms with Gasteiger partial charge < -0.3 is 4.98 Å². The van der Waals surface area contributed by atoms with E-state index in [1.54, 1.807) is 6.33 Å². The lowest BCUT2D eigenvalue weighted by atomic mass is 10.1. The lowest BCUT2D eigenvalue weighted by molar-refractivity contribution is 1.34. The van der Waals surface area contributed by atoms with Gasteiger partial charge in [0.1, 0.15) is 0 Å². The maximum absolute atomic E-state index is 4.06. The van der Waals surface area contributed by atoms with E-state index in [1.165, 1.54) is 11.1 Å². The van der Waals surface area contributed by atoms with Crippen molar-refractivity contribution in [1.29, 1.82) is 0 Å². The molecule has 1 N–H and O–H groups in total. The van der Waals surface area contributed by atoms with Crippen molar-refractivity contribution in [2.75, 3.05) is 0 Å². The minimum atomic E-state index is 1.03. The number of imidazole rings is 1. The number of nitrogens with zero attached hydrogens (tertiary/aromatic N) is 1. The topological polar surface area (TPSA) is 28.7 Å². The van der Waals surface area contributed by atoms with Crippen LogP contribution in [0.3, 0.4) is 0 Å². The van der Waals surface area contributed by atoms with E-state index in [2.05, 4.69) is 46.4 Å². The SMILES string of the molecule is C(=C\c1ccccc1)/c1ccccc1.c1ccc2[nH]cnc2c1. The molecule has 0 saturated heterocycles. The Balaban J connectivity index is 0.000000149. The van der Waals surface area contributed by atoms with Crippen molar-refractivity contribution >= 4 is 23.2 Å². The van der Waals surface area contributed by atoms with E-state index in [0.29, 0.717) is 0 Å². The monoisotopic (exact) mass is 298 g/mol. The summed E-state index contributed by atoms with van der Waals surface area (Å²) in [5, 5.41) is 0. The van der Waals surface area contributed by atoms with Crippen LogP contribution >= 0.6 is 0 Å². The van der Waals surface area contributed by atoms with Crippen LogP contribution in [0.1, 0.15) is 11.1 Å². The first kappa shape index (κ1) is 14.8. The Labute approximate surface area is 136 Å². The quantitative estimate of drug-likeness (QED) is 0.492. The summed E-state index contributed by atoms with van der Waals surface area (Å²) in [7, 11) is 0. The smallest absolute Gasteiger partial charge is 0.0931 e. The fourth-order valence-electron chi connectivity index (χ4n) is 2.20. The molecular weight excluding hydrogens is 280 g/mol. The van der Waals surface area contributed by atoms with Crippen molar-refractivity contribution in [2.45, 2.75) is 0 Å². The summed E-state index contributed by atoms with van der Waals surface area (Å²) in [6.45, 7) is 0. The van der Waals surface area contributed by atoms with Crippen molar-refractivity contribution in [1.82, 2.24) is 9.97 Å². The van der Waals surface area contributed by atoms with E-state index in [1.807, 2.05) is 60.7 Å². The second-order valence-corrected chi connectivity index (χ2v) is 5.07. The van der Waals surface area contributed by atoms with Crippen LogP contribution in [-0.2, 0) is 0 Å². The van der Waals surface area contributed by atoms with Crippen LogP contribution in [0.25, 0.3) is 23.2 Å². The Bertz CT molecular complexity index is 790. The highest BCUT2D eigenvalue weighted by atomic mass is 14.9. The van der Waals surface area contributed by atoms with Crippen LogP contribution in [0.4, 0.5) is 0 Å². The third kappa shape index (κ3) is 4.42. The number of fused-ring (bicyclic) bond motifs is 1. The first-order chi connectivity index (χ1) is 11.4. The first-order valence-electron chi connectivity index (χ1n) is 7.58. The van der Waals surface area contributed by atoms with Crippen molar-refractivity contribution in [2.24, 2.45) is 0 Å². The van der Waals surface area contributed by atoms with Crippen molar-refractivity contribution in [3.8, 4) is 0 Å². The zero-order chi connectivity index (χ0) is 15.7. The second-order valence-electron chi connectivity index (χ2n) is 5.07. The molecule has 0 amide bonds. The zero-order valence-electron chi connectivity index (χ0n) is 12.8. The molecule has 0 radical (unpaired) electrons. The van der Waals surface area contributed by atoms with Crippen molar-refractivity contribution in [3.63, 3.8) is 0 Å². The summed E-state index contributed by atoms with van der Waals surface area (Å²) in [6.07, 6.45) is 5.94. The van der Waals surface area contributed by atoms with E-state index in [-0.39, 0.29) is 0 Å². The molecule has 0 fully saturated rings. The Kier molecular flexibility index (Phi) is 4.99. The number of nitrogens with one attached hydrogen (secondary N) is 1. The number of para-hydroxylation sites is 2. The third-order valence-corrected chi connectivity index (χ3v) is 3.40. The van der Waals surface area contributed by atoms with Crippen LogP contribution < -0.4 is 0 Å². The molecule has 112 valence electrons. The minimum Gasteiger partial charge on any atom is -0.345 e. The van der Waals surface area contributed by atoms with Crippen LogP contribution in [0.5, 0.6) is 0 Å². The van der Waals surface area contributed by atoms with Gasteiger partial charge in [-0.2, -0.15) is 0 Å². The fourth-order valence-corrected chi connectivity index (χ4v) is 2.20. The molecule has 1 aromatic heterocycles. The Hall–Kier alpha value is -3.13. The standard InChI is InChI=1S/C14H12.C7H6N2/c1-3-7-13(8-4-1)11-12-14-9-5-2-6-10-14;1-2-4-7-6(3-1)8-5-9-7/h1-12H;1-5H,(H,8,9)/b12-11+;. The summed E-state index contributed by atoms with van der Waals surface area (Å²) >= 11 is 0. The van der Waals surface area contributed by atoms with Crippen molar-refractivity contribution in [3.05, 3.63) is 102 Å². The number of benzene rings is 3. The highest BCUT2D eigenvalue weighted by Gasteiger charge is 1.88. The third-order valence-electron chi connectivity index (χ3n) is 3.40. The van der Waals surface area contributed by atoms with Gasteiger partial charge in [0, 0.05) is 0 Å². The number of aromatic nitrogens is 2. The molecule has 0 saturated carbocycles. The lowest BCUT2D eigenvalue weighted by Gasteiger charge is -1.92. The van der Waals surface area contributed by atoms with Crippen LogP contribution in [0, 0.1) is 0 Å². The molecule has 2 heteroatoms. The van der Waals surface area contributed by atoms with E-state index in [9.17, 15) is 0 Å². The van der Waals surface area contributed by atoms with Gasteiger partial charge in [-0.1, -0.05) is 84.9 Å². The van der Waals surface area contributed by atoms with Gasteiger partial charge >= 0.3 is 0 Å². The van der Waals surface area contributed by atoms with E-state index in [0.717, 1.165) is 11.0 Å². The highest BCUT2D eigenvalue weighted by molar-refractivity contribution is 5.73. The van der Waals surface area contributed by atoms with Gasteiger partial charge in [0.2, 0.25) is 0 Å². The van der Waals surface area contributed by atoms with Gasteiger partial charge in [0.25, 0.3) is 0 Å². The van der Waals surface area contributed by atoms with Gasteiger partial charge in [-0.25, -0.2) is 4.98 Å². The Morgan fingerprint density at radius 1 is 0.609 bits per heavy atom. The molecular formula is C21H18N2. The molecule has 0 bridgehead atoms. The van der Waals surface area contributed by atoms with Gasteiger partial charge in [-0.3, -0.25) is 0 Å². The summed E-state index contributed by atoms with van der Waals surface area (Å²) in [5.74, 6) is 0. The summed E-state index contributed by atoms with van der Waals surface area (Å²) < 4.78 is 0. The number of rotatable bonds is 2. The molecule has 0 aliphatic carbocycles. The summed E-state index contributed by atoms with van der Waals surface area (Å²) in [5.41, 5.74) is 4.59. The van der Waals surface area contributed by atoms with E-state index < -0.39 is 0 Å². The molecule has 0 atom stereocenters. The van der Waals surface area contributed by atoms with Crippen LogP contribution in [0.15, 0.2) is 91.3 Å². The molecule has 23 heavy (non-hydrogen) atoms. The van der Waals surface area contributed by atoms with Crippen molar-refractivity contribution < 1.29 is 0 Å². The highest BCUT2D eigenvalue weighted by Crippen LogP contribution is 2.07. The molecule has 1 heterocycles. The molecule has 0 aliphatic rings. The molecule has 3 aromatic carbocycles. The van der Waals surface area contributed by atoms with Gasteiger partial charge in [0.15, 0.2) is 0 Å². The van der Waals surface area contributed by atoms with E-state index in [4.69, 9.17) is 0 Å². The molecule has 0 aliphatic heterocycles. The molecule has 2 nitrogen and oxygen atoms in total. The van der Waals surface area contributed by atoms with Gasteiger partial charge in [-0.05, 0) is 23.3 Å². The first-order valence-corrected chi connectivity index (χ1v) is 7.58. The summed E-state index contributed by atoms with van der Waals surface area (Å²) in [6, 6.07) is 28.6. The van der Waals surface area contributed by atoms with Crippen LogP contribution in [0.2, 0.25) is 0 Å².